The zero-order chi connectivity index (χ0) is 9.80. The van der Waals surface area contributed by atoms with Crippen molar-refractivity contribution < 1.29 is 0 Å². The monoisotopic (exact) mass is 239 g/mol. The number of nitrogens with zero attached hydrogens (tertiary/aromatic N) is 1. The summed E-state index contributed by atoms with van der Waals surface area (Å²) >= 11 is 5.80. The van der Waals surface area contributed by atoms with E-state index in [-0.39, 0.29) is 12.4 Å². The smallest absolute Gasteiger partial charge is 0.0406 e. The Labute approximate surface area is 101 Å². The van der Waals surface area contributed by atoms with E-state index >= 15 is 0 Å². The van der Waals surface area contributed by atoms with Gasteiger partial charge in [0, 0.05) is 17.4 Å². The third-order valence-electron chi connectivity index (χ3n) is 2.04. The topological polar surface area (TPSA) is 12.9 Å². The highest BCUT2D eigenvalue weighted by Crippen LogP contribution is 2.12. The van der Waals surface area contributed by atoms with E-state index < -0.39 is 0 Å². The molecule has 0 atom stereocenters. The highest BCUT2D eigenvalue weighted by molar-refractivity contribution is 6.30. The molecule has 0 bridgehead atoms. The van der Waals surface area contributed by atoms with Gasteiger partial charge in [-0.15, -0.1) is 12.4 Å². The van der Waals surface area contributed by atoms with E-state index in [0.717, 1.165) is 11.4 Å². The summed E-state index contributed by atoms with van der Waals surface area (Å²) in [6.45, 7) is 0. The fourth-order valence-corrected chi connectivity index (χ4v) is 1.47. The van der Waals surface area contributed by atoms with Crippen LogP contribution in [0.3, 0.4) is 0 Å². The van der Waals surface area contributed by atoms with Crippen molar-refractivity contribution in [2.24, 2.45) is 0 Å². The summed E-state index contributed by atoms with van der Waals surface area (Å²) < 4.78 is 0. The van der Waals surface area contributed by atoms with Crippen molar-refractivity contribution in [1.82, 2.24) is 4.98 Å². The zero-order valence-electron chi connectivity index (χ0n) is 8.06. The maximum atomic E-state index is 5.80. The molecular weight excluding hydrogens is 229 g/mol. The third kappa shape index (κ3) is 3.54. The van der Waals surface area contributed by atoms with Gasteiger partial charge < -0.3 is 0 Å². The number of rotatable bonds is 2. The van der Waals surface area contributed by atoms with Crippen LogP contribution in [-0.2, 0) is 6.42 Å². The van der Waals surface area contributed by atoms with Crippen molar-refractivity contribution in [2.45, 2.75) is 6.42 Å². The summed E-state index contributed by atoms with van der Waals surface area (Å²) in [5, 5.41) is 0.778. The molecule has 1 heterocycles. The molecule has 0 aliphatic heterocycles. The summed E-state index contributed by atoms with van der Waals surface area (Å²) in [4.78, 5) is 4.07. The molecular formula is C12H11Cl2N. The normalized spacial score (nSPS) is 9.40. The third-order valence-corrected chi connectivity index (χ3v) is 2.30. The van der Waals surface area contributed by atoms with Crippen LogP contribution >= 0.6 is 24.0 Å². The number of pyridine rings is 1. The molecule has 2 rings (SSSR count). The van der Waals surface area contributed by atoms with E-state index in [2.05, 4.69) is 11.1 Å². The largest absolute Gasteiger partial charge is 0.264 e. The molecule has 1 aromatic carbocycles. The highest BCUT2D eigenvalue weighted by atomic mass is 35.5. The van der Waals surface area contributed by atoms with Crippen molar-refractivity contribution in [2.75, 3.05) is 0 Å². The SMILES string of the molecule is Cl.Clc1ccc(Cc2cccnc2)cc1. The average Bonchev–Trinajstić information content (AvgIpc) is 2.23. The molecule has 2 aromatic rings. The van der Waals surface area contributed by atoms with Crippen LogP contribution < -0.4 is 0 Å². The number of halogens is 2. The van der Waals surface area contributed by atoms with E-state index in [9.17, 15) is 0 Å². The van der Waals surface area contributed by atoms with Gasteiger partial charge in [-0.1, -0.05) is 29.8 Å². The summed E-state index contributed by atoms with van der Waals surface area (Å²) in [6, 6.07) is 11.9. The molecule has 0 fully saturated rings. The Morgan fingerprint density at radius 2 is 1.73 bits per heavy atom. The predicted octanol–water partition coefficient (Wildman–Crippen LogP) is 3.75. The first kappa shape index (κ1) is 12.0. The fraction of sp³-hybridized carbons (Fsp3) is 0.0833. The summed E-state index contributed by atoms with van der Waals surface area (Å²) in [5.41, 5.74) is 2.47. The van der Waals surface area contributed by atoms with Crippen molar-refractivity contribution >= 4 is 24.0 Å². The first-order valence-corrected chi connectivity index (χ1v) is 4.86. The lowest BCUT2D eigenvalue weighted by atomic mass is 10.1. The van der Waals surface area contributed by atoms with Gasteiger partial charge in [0.2, 0.25) is 0 Å². The molecule has 0 saturated carbocycles. The number of hydrogen-bond donors (Lipinski definition) is 0. The van der Waals surface area contributed by atoms with Crippen LogP contribution in [0.2, 0.25) is 5.02 Å². The van der Waals surface area contributed by atoms with Gasteiger partial charge in [0.05, 0.1) is 0 Å². The summed E-state index contributed by atoms with van der Waals surface area (Å²) in [5.74, 6) is 0. The average molecular weight is 240 g/mol. The second-order valence-electron chi connectivity index (χ2n) is 3.16. The van der Waals surface area contributed by atoms with E-state index in [1.54, 1.807) is 6.20 Å². The quantitative estimate of drug-likeness (QED) is 0.779. The van der Waals surface area contributed by atoms with Gasteiger partial charge >= 0.3 is 0 Å². The van der Waals surface area contributed by atoms with E-state index in [1.807, 2.05) is 36.5 Å². The standard InChI is InChI=1S/C12H10ClN.ClH/c13-12-5-3-10(4-6-12)8-11-2-1-7-14-9-11;/h1-7,9H,8H2;1H. The molecule has 15 heavy (non-hydrogen) atoms. The Bertz CT molecular complexity index is 398. The molecule has 78 valence electrons. The molecule has 0 amide bonds. The van der Waals surface area contributed by atoms with Crippen LogP contribution in [0.5, 0.6) is 0 Å². The van der Waals surface area contributed by atoms with Crippen LogP contribution in [0.25, 0.3) is 0 Å². The van der Waals surface area contributed by atoms with Crippen molar-refractivity contribution in [3.63, 3.8) is 0 Å². The molecule has 3 heteroatoms. The van der Waals surface area contributed by atoms with Crippen LogP contribution in [0.15, 0.2) is 48.8 Å². The molecule has 1 aromatic heterocycles. The van der Waals surface area contributed by atoms with Gasteiger partial charge in [0.1, 0.15) is 0 Å². The fourth-order valence-electron chi connectivity index (χ4n) is 1.34. The highest BCUT2D eigenvalue weighted by Gasteiger charge is 1.95. The van der Waals surface area contributed by atoms with E-state index in [4.69, 9.17) is 11.6 Å². The Balaban J connectivity index is 0.00000112. The summed E-state index contributed by atoms with van der Waals surface area (Å²) in [7, 11) is 0. The molecule has 0 spiro atoms. The minimum atomic E-state index is 0. The molecule has 1 nitrogen and oxygen atoms in total. The first-order chi connectivity index (χ1) is 6.84. The summed E-state index contributed by atoms with van der Waals surface area (Å²) in [6.07, 6.45) is 4.57. The minimum absolute atomic E-state index is 0. The second-order valence-corrected chi connectivity index (χ2v) is 3.60. The lowest BCUT2D eigenvalue weighted by Gasteiger charge is -2.00. The maximum absolute atomic E-state index is 5.80. The van der Waals surface area contributed by atoms with Crippen LogP contribution in [0.4, 0.5) is 0 Å². The van der Waals surface area contributed by atoms with Crippen LogP contribution in [0.1, 0.15) is 11.1 Å². The zero-order valence-corrected chi connectivity index (χ0v) is 9.63. The van der Waals surface area contributed by atoms with Crippen LogP contribution in [0, 0.1) is 0 Å². The van der Waals surface area contributed by atoms with Crippen molar-refractivity contribution in [3.8, 4) is 0 Å². The number of hydrogen-bond acceptors (Lipinski definition) is 1. The molecule has 0 aliphatic carbocycles. The lowest BCUT2D eigenvalue weighted by molar-refractivity contribution is 1.15. The molecule has 0 aliphatic rings. The van der Waals surface area contributed by atoms with Gasteiger partial charge in [-0.3, -0.25) is 4.98 Å². The first-order valence-electron chi connectivity index (χ1n) is 4.48. The van der Waals surface area contributed by atoms with Gasteiger partial charge in [0.15, 0.2) is 0 Å². The number of benzene rings is 1. The van der Waals surface area contributed by atoms with E-state index in [0.29, 0.717) is 0 Å². The van der Waals surface area contributed by atoms with Crippen molar-refractivity contribution in [3.05, 3.63) is 64.9 Å². The Kier molecular flexibility index (Phi) is 4.60. The number of aromatic nitrogens is 1. The minimum Gasteiger partial charge on any atom is -0.264 e. The second kappa shape index (κ2) is 5.74. The van der Waals surface area contributed by atoms with Crippen molar-refractivity contribution in [1.29, 1.82) is 0 Å². The lowest BCUT2D eigenvalue weighted by Crippen LogP contribution is -1.87. The van der Waals surface area contributed by atoms with Gasteiger partial charge in [-0.05, 0) is 35.7 Å². The molecule has 0 unspecified atom stereocenters. The van der Waals surface area contributed by atoms with E-state index in [1.165, 1.54) is 11.1 Å². The van der Waals surface area contributed by atoms with Crippen LogP contribution in [-0.4, -0.2) is 4.98 Å². The molecule has 0 N–H and O–H groups in total. The van der Waals surface area contributed by atoms with Gasteiger partial charge in [0.25, 0.3) is 0 Å². The Hall–Kier alpha value is -1.05. The van der Waals surface area contributed by atoms with Gasteiger partial charge in [-0.2, -0.15) is 0 Å². The Morgan fingerprint density at radius 1 is 1.00 bits per heavy atom. The Morgan fingerprint density at radius 3 is 2.33 bits per heavy atom. The van der Waals surface area contributed by atoms with Gasteiger partial charge in [-0.25, -0.2) is 0 Å². The molecule has 0 saturated heterocycles. The predicted molar refractivity (Wildman–Crippen MR) is 65.7 cm³/mol. The maximum Gasteiger partial charge on any atom is 0.0406 e. The molecule has 0 radical (unpaired) electrons.